The van der Waals surface area contributed by atoms with Crippen LogP contribution in [0.4, 0.5) is 0 Å². The van der Waals surface area contributed by atoms with Crippen LogP contribution in [0, 0.1) is 0 Å². The zero-order valence-corrected chi connectivity index (χ0v) is 8.39. The highest BCUT2D eigenvalue weighted by Crippen LogP contribution is 2.09. The van der Waals surface area contributed by atoms with Crippen LogP contribution in [0.15, 0.2) is 0 Å². The molecular weight excluding hydrogens is 176 g/mol. The summed E-state index contributed by atoms with van der Waals surface area (Å²) in [6.07, 6.45) is 0. The molecule has 0 radical (unpaired) electrons. The molecule has 1 aliphatic rings. The summed E-state index contributed by atoms with van der Waals surface area (Å²) in [7, 11) is -2.98. The lowest BCUT2D eigenvalue weighted by molar-refractivity contribution is 0.284. The van der Waals surface area contributed by atoms with E-state index in [1.807, 2.05) is 6.92 Å². The summed E-state index contributed by atoms with van der Waals surface area (Å²) < 4.78 is 24.5. The molecule has 72 valence electrons. The van der Waals surface area contributed by atoms with Gasteiger partial charge >= 0.3 is 0 Å². The fraction of sp³-hybridized carbons (Fsp3) is 1.00. The second-order valence-electron chi connectivity index (χ2n) is 3.06. The van der Waals surface area contributed by atoms with Crippen molar-refractivity contribution in [2.45, 2.75) is 19.9 Å². The van der Waals surface area contributed by atoms with E-state index in [9.17, 15) is 8.42 Å². The molecule has 1 atom stereocenters. The molecule has 0 bridgehead atoms. The van der Waals surface area contributed by atoms with E-state index in [1.54, 1.807) is 11.2 Å². The minimum Gasteiger partial charge on any atom is -0.314 e. The summed E-state index contributed by atoms with van der Waals surface area (Å²) in [6, 6.07) is 0.101. The first kappa shape index (κ1) is 9.95. The van der Waals surface area contributed by atoms with Crippen LogP contribution in [0.5, 0.6) is 0 Å². The number of piperazine rings is 1. The van der Waals surface area contributed by atoms with E-state index in [0.717, 1.165) is 13.1 Å². The summed E-state index contributed by atoms with van der Waals surface area (Å²) in [5.74, 6) is 0.206. The monoisotopic (exact) mass is 192 g/mol. The van der Waals surface area contributed by atoms with Crippen LogP contribution in [0.1, 0.15) is 13.8 Å². The predicted molar refractivity (Wildman–Crippen MR) is 48.5 cm³/mol. The van der Waals surface area contributed by atoms with Crippen LogP contribution in [-0.2, 0) is 10.0 Å². The van der Waals surface area contributed by atoms with E-state index in [0.29, 0.717) is 6.54 Å². The van der Waals surface area contributed by atoms with Gasteiger partial charge in [0.25, 0.3) is 0 Å². The molecule has 5 heteroatoms. The zero-order chi connectivity index (χ0) is 9.19. The van der Waals surface area contributed by atoms with Crippen LogP contribution in [0.3, 0.4) is 0 Å². The summed E-state index contributed by atoms with van der Waals surface area (Å²) in [4.78, 5) is 0. The lowest BCUT2D eigenvalue weighted by atomic mass is 10.3. The molecule has 0 amide bonds. The minimum absolute atomic E-state index is 0.101. The van der Waals surface area contributed by atoms with Crippen molar-refractivity contribution < 1.29 is 8.42 Å². The standard InChI is InChI=1S/C7H16N2O2S/c1-3-12(10,11)9-5-4-8-6-7(9)2/h7-8H,3-6H2,1-2H3. The molecule has 0 aromatic carbocycles. The van der Waals surface area contributed by atoms with Gasteiger partial charge in [0.15, 0.2) is 0 Å². The van der Waals surface area contributed by atoms with Gasteiger partial charge in [-0.3, -0.25) is 0 Å². The SMILES string of the molecule is CCS(=O)(=O)N1CCNCC1C. The minimum atomic E-state index is -2.98. The van der Waals surface area contributed by atoms with Crippen molar-refractivity contribution in [2.24, 2.45) is 0 Å². The lowest BCUT2D eigenvalue weighted by Crippen LogP contribution is -2.52. The second kappa shape index (κ2) is 3.72. The molecular formula is C7H16N2O2S. The smallest absolute Gasteiger partial charge is 0.214 e. The Hall–Kier alpha value is -0.130. The quantitative estimate of drug-likeness (QED) is 0.649. The number of nitrogens with one attached hydrogen (secondary N) is 1. The molecule has 1 fully saturated rings. The number of hydrogen-bond donors (Lipinski definition) is 1. The van der Waals surface area contributed by atoms with Gasteiger partial charge in [-0.25, -0.2) is 8.42 Å². The van der Waals surface area contributed by atoms with Crippen molar-refractivity contribution in [2.75, 3.05) is 25.4 Å². The van der Waals surface area contributed by atoms with Crippen molar-refractivity contribution in [3.05, 3.63) is 0 Å². The van der Waals surface area contributed by atoms with Crippen molar-refractivity contribution in [3.63, 3.8) is 0 Å². The van der Waals surface area contributed by atoms with E-state index in [2.05, 4.69) is 5.32 Å². The van der Waals surface area contributed by atoms with Gasteiger partial charge in [0.05, 0.1) is 5.75 Å². The van der Waals surface area contributed by atoms with Crippen molar-refractivity contribution in [1.29, 1.82) is 0 Å². The number of sulfonamides is 1. The fourth-order valence-corrected chi connectivity index (χ4v) is 2.73. The largest absolute Gasteiger partial charge is 0.314 e. The van der Waals surface area contributed by atoms with Crippen LogP contribution in [-0.4, -0.2) is 44.2 Å². The molecule has 0 aromatic rings. The third-order valence-corrected chi connectivity index (χ3v) is 4.15. The third-order valence-electron chi connectivity index (χ3n) is 2.16. The highest BCUT2D eigenvalue weighted by molar-refractivity contribution is 7.89. The maximum atomic E-state index is 11.5. The maximum Gasteiger partial charge on any atom is 0.214 e. The predicted octanol–water partition coefficient (Wildman–Crippen LogP) is -0.370. The Morgan fingerprint density at radius 3 is 2.75 bits per heavy atom. The first-order valence-corrected chi connectivity index (χ1v) is 5.89. The first-order chi connectivity index (χ1) is 5.58. The van der Waals surface area contributed by atoms with Gasteiger partial charge in [0.2, 0.25) is 10.0 Å². The Morgan fingerprint density at radius 2 is 2.25 bits per heavy atom. The molecule has 4 nitrogen and oxygen atoms in total. The Morgan fingerprint density at radius 1 is 1.58 bits per heavy atom. The average molecular weight is 192 g/mol. The van der Waals surface area contributed by atoms with Gasteiger partial charge in [0.1, 0.15) is 0 Å². The number of hydrogen-bond acceptors (Lipinski definition) is 3. The van der Waals surface area contributed by atoms with Gasteiger partial charge in [-0.2, -0.15) is 4.31 Å². The molecule has 1 unspecified atom stereocenters. The van der Waals surface area contributed by atoms with Gasteiger partial charge in [-0.15, -0.1) is 0 Å². The molecule has 1 aliphatic heterocycles. The second-order valence-corrected chi connectivity index (χ2v) is 5.27. The highest BCUT2D eigenvalue weighted by Gasteiger charge is 2.27. The summed E-state index contributed by atoms with van der Waals surface area (Å²) in [5.41, 5.74) is 0. The van der Waals surface area contributed by atoms with E-state index in [4.69, 9.17) is 0 Å². The summed E-state index contributed by atoms with van der Waals surface area (Å²) in [6.45, 7) is 5.75. The Labute approximate surface area is 74.0 Å². The van der Waals surface area contributed by atoms with E-state index < -0.39 is 10.0 Å². The van der Waals surface area contributed by atoms with Gasteiger partial charge < -0.3 is 5.32 Å². The topological polar surface area (TPSA) is 49.4 Å². The molecule has 1 heterocycles. The highest BCUT2D eigenvalue weighted by atomic mass is 32.2. The molecule has 1 N–H and O–H groups in total. The summed E-state index contributed by atoms with van der Waals surface area (Å²) in [5, 5.41) is 3.15. The molecule has 12 heavy (non-hydrogen) atoms. The Balaban J connectivity index is 2.72. The van der Waals surface area contributed by atoms with Crippen LogP contribution < -0.4 is 5.32 Å². The van der Waals surface area contributed by atoms with E-state index >= 15 is 0 Å². The van der Waals surface area contributed by atoms with Crippen LogP contribution in [0.25, 0.3) is 0 Å². The Kier molecular flexibility index (Phi) is 3.09. The fourth-order valence-electron chi connectivity index (χ4n) is 1.40. The molecule has 0 saturated carbocycles. The van der Waals surface area contributed by atoms with Crippen molar-refractivity contribution >= 4 is 10.0 Å². The number of nitrogens with zero attached hydrogens (tertiary/aromatic N) is 1. The zero-order valence-electron chi connectivity index (χ0n) is 7.58. The molecule has 1 rings (SSSR count). The van der Waals surface area contributed by atoms with Gasteiger partial charge in [0, 0.05) is 25.7 Å². The van der Waals surface area contributed by atoms with Gasteiger partial charge in [-0.05, 0) is 13.8 Å². The third kappa shape index (κ3) is 1.97. The average Bonchev–Trinajstić information content (AvgIpc) is 2.05. The first-order valence-electron chi connectivity index (χ1n) is 4.28. The van der Waals surface area contributed by atoms with Crippen molar-refractivity contribution in [3.8, 4) is 0 Å². The molecule has 1 saturated heterocycles. The van der Waals surface area contributed by atoms with E-state index in [-0.39, 0.29) is 11.8 Å². The van der Waals surface area contributed by atoms with Gasteiger partial charge in [-0.1, -0.05) is 0 Å². The maximum absolute atomic E-state index is 11.5. The number of rotatable bonds is 2. The van der Waals surface area contributed by atoms with Crippen LogP contribution >= 0.6 is 0 Å². The molecule has 0 spiro atoms. The summed E-state index contributed by atoms with van der Waals surface area (Å²) >= 11 is 0. The van der Waals surface area contributed by atoms with Crippen LogP contribution in [0.2, 0.25) is 0 Å². The molecule has 0 aromatic heterocycles. The van der Waals surface area contributed by atoms with E-state index in [1.165, 1.54) is 0 Å². The van der Waals surface area contributed by atoms with Crippen molar-refractivity contribution in [1.82, 2.24) is 9.62 Å². The Bertz CT molecular complexity index is 238. The normalized spacial score (nSPS) is 27.3. The lowest BCUT2D eigenvalue weighted by Gasteiger charge is -2.32. The molecule has 0 aliphatic carbocycles.